The van der Waals surface area contributed by atoms with Crippen LogP contribution in [0.3, 0.4) is 0 Å². The number of alkyl halides is 2. The van der Waals surface area contributed by atoms with Crippen LogP contribution in [0.2, 0.25) is 0 Å². The zero-order valence-electron chi connectivity index (χ0n) is 7.67. The van der Waals surface area contributed by atoms with Crippen LogP contribution in [0, 0.1) is 0 Å². The molecule has 0 unspecified atom stereocenters. The molecule has 0 aliphatic heterocycles. The van der Waals surface area contributed by atoms with E-state index in [9.17, 15) is 13.6 Å². The van der Waals surface area contributed by atoms with E-state index in [4.69, 9.17) is 4.74 Å². The molecule has 0 radical (unpaired) electrons. The number of carbonyl (C=O) groups excluding carboxylic acids is 1. The maximum atomic E-state index is 12.0. The summed E-state index contributed by atoms with van der Waals surface area (Å²) in [5, 5.41) is 0. The molecule has 0 aliphatic rings. The fraction of sp³-hybridized carbons (Fsp3) is 0.300. The van der Waals surface area contributed by atoms with Crippen LogP contribution in [0.15, 0.2) is 24.3 Å². The number of benzene rings is 1. The van der Waals surface area contributed by atoms with Gasteiger partial charge in [-0.1, -0.05) is 0 Å². The molecule has 0 aliphatic carbocycles. The molecule has 4 heteroatoms. The minimum atomic E-state index is -2.95. The van der Waals surface area contributed by atoms with Gasteiger partial charge in [-0.3, -0.25) is 4.79 Å². The number of rotatable bonds is 4. The summed E-state index contributed by atoms with van der Waals surface area (Å²) in [5.41, 5.74) is 0.00320. The van der Waals surface area contributed by atoms with Crippen molar-refractivity contribution in [2.75, 3.05) is 6.61 Å². The summed E-state index contributed by atoms with van der Waals surface area (Å²) < 4.78 is 29.1. The van der Waals surface area contributed by atoms with Crippen molar-refractivity contribution in [2.24, 2.45) is 0 Å². The second kappa shape index (κ2) is 4.69. The van der Waals surface area contributed by atoms with E-state index < -0.39 is 12.2 Å². The number of halogens is 2. The Hall–Kier alpha value is -1.45. The standard InChI is InChI=1S/C10H10F2O2/c1-2-14-8-5-3-7(4-6-8)9(13)10(11)12/h3-6,10H,2H2,1H3. The number of Topliss-reactive ketones (excluding diaryl/α,β-unsaturated/α-hetero) is 1. The van der Waals surface area contributed by atoms with Crippen molar-refractivity contribution in [1.29, 1.82) is 0 Å². The molecule has 0 N–H and O–H groups in total. The number of ether oxygens (including phenoxy) is 1. The van der Waals surface area contributed by atoms with E-state index in [0.29, 0.717) is 12.4 Å². The lowest BCUT2D eigenvalue weighted by atomic mass is 10.1. The monoisotopic (exact) mass is 200 g/mol. The van der Waals surface area contributed by atoms with Gasteiger partial charge in [-0.15, -0.1) is 0 Å². The second-order valence-corrected chi connectivity index (χ2v) is 2.62. The third-order valence-electron chi connectivity index (χ3n) is 1.65. The van der Waals surface area contributed by atoms with Crippen LogP contribution >= 0.6 is 0 Å². The Labute approximate surface area is 80.5 Å². The maximum absolute atomic E-state index is 12.0. The molecule has 0 bridgehead atoms. The number of carbonyl (C=O) groups is 1. The highest BCUT2D eigenvalue weighted by Crippen LogP contribution is 2.14. The zero-order chi connectivity index (χ0) is 10.6. The summed E-state index contributed by atoms with van der Waals surface area (Å²) in [4.78, 5) is 10.8. The fourth-order valence-corrected chi connectivity index (χ4v) is 1.01. The van der Waals surface area contributed by atoms with Crippen LogP contribution in [-0.2, 0) is 0 Å². The molecule has 0 atom stereocenters. The van der Waals surface area contributed by atoms with Gasteiger partial charge in [-0.25, -0.2) is 8.78 Å². The first-order chi connectivity index (χ1) is 6.65. The highest BCUT2D eigenvalue weighted by molar-refractivity contribution is 5.98. The lowest BCUT2D eigenvalue weighted by Crippen LogP contribution is -2.09. The second-order valence-electron chi connectivity index (χ2n) is 2.62. The fourth-order valence-electron chi connectivity index (χ4n) is 1.01. The van der Waals surface area contributed by atoms with Crippen LogP contribution in [0.1, 0.15) is 17.3 Å². The lowest BCUT2D eigenvalue weighted by Gasteiger charge is -2.03. The Balaban J connectivity index is 2.78. The van der Waals surface area contributed by atoms with Crippen molar-refractivity contribution < 1.29 is 18.3 Å². The molecule has 0 fully saturated rings. The molecule has 0 amide bonds. The quantitative estimate of drug-likeness (QED) is 0.698. The van der Waals surface area contributed by atoms with Gasteiger partial charge >= 0.3 is 6.43 Å². The maximum Gasteiger partial charge on any atom is 0.300 e. The van der Waals surface area contributed by atoms with Gasteiger partial charge in [0.15, 0.2) is 0 Å². The van der Waals surface area contributed by atoms with Crippen molar-refractivity contribution in [1.82, 2.24) is 0 Å². The van der Waals surface area contributed by atoms with Crippen LogP contribution in [0.5, 0.6) is 5.75 Å². The van der Waals surface area contributed by atoms with E-state index in [0.717, 1.165) is 0 Å². The first-order valence-corrected chi connectivity index (χ1v) is 4.20. The molecule has 76 valence electrons. The molecule has 0 aromatic heterocycles. The molecule has 1 aromatic carbocycles. The highest BCUT2D eigenvalue weighted by atomic mass is 19.3. The van der Waals surface area contributed by atoms with Crippen LogP contribution < -0.4 is 4.74 Å². The van der Waals surface area contributed by atoms with E-state index in [-0.39, 0.29) is 5.56 Å². The van der Waals surface area contributed by atoms with Crippen molar-refractivity contribution in [3.8, 4) is 5.75 Å². The van der Waals surface area contributed by atoms with Gasteiger partial charge in [0.25, 0.3) is 0 Å². The van der Waals surface area contributed by atoms with Gasteiger partial charge in [0, 0.05) is 5.56 Å². The van der Waals surface area contributed by atoms with Crippen LogP contribution in [-0.4, -0.2) is 18.8 Å². The molecular weight excluding hydrogens is 190 g/mol. The zero-order valence-corrected chi connectivity index (χ0v) is 7.67. The molecule has 2 nitrogen and oxygen atoms in total. The highest BCUT2D eigenvalue weighted by Gasteiger charge is 2.17. The van der Waals surface area contributed by atoms with Gasteiger partial charge in [0.1, 0.15) is 5.75 Å². The van der Waals surface area contributed by atoms with Gasteiger partial charge in [0.05, 0.1) is 6.61 Å². The lowest BCUT2D eigenvalue weighted by molar-refractivity contribution is 0.0678. The van der Waals surface area contributed by atoms with Crippen molar-refractivity contribution in [2.45, 2.75) is 13.3 Å². The minimum absolute atomic E-state index is 0.00320. The predicted octanol–water partition coefficient (Wildman–Crippen LogP) is 2.53. The topological polar surface area (TPSA) is 26.3 Å². The Kier molecular flexibility index (Phi) is 3.56. The van der Waals surface area contributed by atoms with Gasteiger partial charge < -0.3 is 4.74 Å². The SMILES string of the molecule is CCOc1ccc(C(=O)C(F)F)cc1. The third kappa shape index (κ3) is 2.52. The van der Waals surface area contributed by atoms with Gasteiger partial charge in [-0.2, -0.15) is 0 Å². The average Bonchev–Trinajstić information content (AvgIpc) is 2.18. The van der Waals surface area contributed by atoms with Crippen molar-refractivity contribution in [3.05, 3.63) is 29.8 Å². The van der Waals surface area contributed by atoms with E-state index in [1.54, 1.807) is 0 Å². The Bertz CT molecular complexity index is 306. The normalized spacial score (nSPS) is 10.3. The average molecular weight is 200 g/mol. The van der Waals surface area contributed by atoms with Crippen LogP contribution in [0.25, 0.3) is 0 Å². The molecule has 0 saturated heterocycles. The third-order valence-corrected chi connectivity index (χ3v) is 1.65. The summed E-state index contributed by atoms with van der Waals surface area (Å²) in [6, 6.07) is 5.66. The molecule has 0 heterocycles. The molecule has 1 rings (SSSR count). The molecule has 14 heavy (non-hydrogen) atoms. The first kappa shape index (κ1) is 10.6. The van der Waals surface area contributed by atoms with E-state index >= 15 is 0 Å². The minimum Gasteiger partial charge on any atom is -0.494 e. The first-order valence-electron chi connectivity index (χ1n) is 4.20. The molecular formula is C10H10F2O2. The van der Waals surface area contributed by atoms with Crippen LogP contribution in [0.4, 0.5) is 8.78 Å². The summed E-state index contributed by atoms with van der Waals surface area (Å²) in [5.74, 6) is -0.591. The Morgan fingerprint density at radius 1 is 1.36 bits per heavy atom. The van der Waals surface area contributed by atoms with Crippen molar-refractivity contribution >= 4 is 5.78 Å². The molecule has 1 aromatic rings. The van der Waals surface area contributed by atoms with Gasteiger partial charge in [-0.05, 0) is 31.2 Å². The summed E-state index contributed by atoms with van der Waals surface area (Å²) in [6.45, 7) is 2.32. The summed E-state index contributed by atoms with van der Waals surface area (Å²) in [7, 11) is 0. The van der Waals surface area contributed by atoms with E-state index in [1.165, 1.54) is 24.3 Å². The predicted molar refractivity (Wildman–Crippen MR) is 47.9 cm³/mol. The van der Waals surface area contributed by atoms with Gasteiger partial charge in [0.2, 0.25) is 5.78 Å². The summed E-state index contributed by atoms with van der Waals surface area (Å²) in [6.07, 6.45) is -2.95. The smallest absolute Gasteiger partial charge is 0.300 e. The Morgan fingerprint density at radius 3 is 2.36 bits per heavy atom. The Morgan fingerprint density at radius 2 is 1.93 bits per heavy atom. The van der Waals surface area contributed by atoms with E-state index in [2.05, 4.69) is 0 Å². The van der Waals surface area contributed by atoms with E-state index in [1.807, 2.05) is 6.92 Å². The molecule has 0 spiro atoms. The molecule has 0 saturated carbocycles. The number of hydrogen-bond donors (Lipinski definition) is 0. The number of hydrogen-bond acceptors (Lipinski definition) is 2. The summed E-state index contributed by atoms with van der Waals surface area (Å²) >= 11 is 0. The van der Waals surface area contributed by atoms with Crippen molar-refractivity contribution in [3.63, 3.8) is 0 Å². The number of ketones is 1. The largest absolute Gasteiger partial charge is 0.494 e.